The highest BCUT2D eigenvalue weighted by molar-refractivity contribution is 5.60. The fourth-order valence-electron chi connectivity index (χ4n) is 2.77. The van der Waals surface area contributed by atoms with Gasteiger partial charge in [-0.1, -0.05) is 0 Å². The number of likely N-dealkylation sites (tertiary alicyclic amines) is 1. The summed E-state index contributed by atoms with van der Waals surface area (Å²) in [5.41, 5.74) is 3.43. The van der Waals surface area contributed by atoms with E-state index >= 15 is 0 Å². The minimum atomic E-state index is 0.592. The Morgan fingerprint density at radius 2 is 1.90 bits per heavy atom. The van der Waals surface area contributed by atoms with Crippen LogP contribution in [0.25, 0.3) is 11.3 Å². The van der Waals surface area contributed by atoms with Crippen molar-refractivity contribution in [2.45, 2.75) is 18.8 Å². The van der Waals surface area contributed by atoms with Crippen molar-refractivity contribution in [3.63, 3.8) is 0 Å². The van der Waals surface area contributed by atoms with Crippen molar-refractivity contribution in [2.75, 3.05) is 27.2 Å². The lowest BCUT2D eigenvalue weighted by Gasteiger charge is -2.27. The van der Waals surface area contributed by atoms with Crippen molar-refractivity contribution in [2.24, 2.45) is 0 Å². The number of H-pyrrole nitrogens is 1. The molecule has 0 aliphatic carbocycles. The third-order valence-corrected chi connectivity index (χ3v) is 4.14. The highest BCUT2D eigenvalue weighted by Crippen LogP contribution is 2.29. The van der Waals surface area contributed by atoms with Crippen molar-refractivity contribution >= 4 is 0 Å². The molecular formula is C16H21N3O. The van der Waals surface area contributed by atoms with E-state index in [-0.39, 0.29) is 0 Å². The summed E-state index contributed by atoms with van der Waals surface area (Å²) in [5, 5.41) is 7.67. The van der Waals surface area contributed by atoms with Crippen LogP contribution in [0.2, 0.25) is 0 Å². The fourth-order valence-corrected chi connectivity index (χ4v) is 2.77. The first-order valence-corrected chi connectivity index (χ1v) is 7.14. The molecule has 0 spiro atoms. The molecule has 0 saturated carbocycles. The molecule has 1 aliphatic heterocycles. The number of nitrogens with zero attached hydrogens (tertiary/aromatic N) is 2. The van der Waals surface area contributed by atoms with E-state index in [1.807, 2.05) is 12.1 Å². The molecule has 3 rings (SSSR count). The van der Waals surface area contributed by atoms with Crippen LogP contribution in [0.3, 0.4) is 0 Å². The monoisotopic (exact) mass is 271 g/mol. The smallest absolute Gasteiger partial charge is 0.118 e. The topological polar surface area (TPSA) is 41.1 Å². The molecule has 0 atom stereocenters. The molecule has 2 heterocycles. The Kier molecular flexibility index (Phi) is 3.74. The maximum atomic E-state index is 5.19. The van der Waals surface area contributed by atoms with Crippen molar-refractivity contribution in [3.05, 3.63) is 36.0 Å². The molecule has 1 fully saturated rings. The van der Waals surface area contributed by atoms with Crippen LogP contribution in [-0.2, 0) is 0 Å². The summed E-state index contributed by atoms with van der Waals surface area (Å²) in [4.78, 5) is 2.38. The Morgan fingerprint density at radius 1 is 1.20 bits per heavy atom. The second-order valence-electron chi connectivity index (χ2n) is 5.51. The van der Waals surface area contributed by atoms with E-state index in [4.69, 9.17) is 4.74 Å². The van der Waals surface area contributed by atoms with Gasteiger partial charge in [-0.2, -0.15) is 5.10 Å². The number of hydrogen-bond acceptors (Lipinski definition) is 3. The van der Waals surface area contributed by atoms with Crippen LogP contribution in [0.15, 0.2) is 30.3 Å². The summed E-state index contributed by atoms with van der Waals surface area (Å²) >= 11 is 0. The van der Waals surface area contributed by atoms with E-state index in [1.165, 1.54) is 18.5 Å². The highest BCUT2D eigenvalue weighted by atomic mass is 16.5. The Labute approximate surface area is 119 Å². The van der Waals surface area contributed by atoms with Gasteiger partial charge in [0, 0.05) is 5.92 Å². The second kappa shape index (κ2) is 5.67. The lowest BCUT2D eigenvalue weighted by Crippen LogP contribution is -2.29. The summed E-state index contributed by atoms with van der Waals surface area (Å²) in [5.74, 6) is 1.47. The highest BCUT2D eigenvalue weighted by Gasteiger charge is 2.20. The zero-order chi connectivity index (χ0) is 13.9. The van der Waals surface area contributed by atoms with Gasteiger partial charge in [0.2, 0.25) is 0 Å². The molecule has 1 aromatic carbocycles. The van der Waals surface area contributed by atoms with Crippen molar-refractivity contribution in [1.29, 1.82) is 0 Å². The zero-order valence-electron chi connectivity index (χ0n) is 12.1. The lowest BCUT2D eigenvalue weighted by atomic mass is 9.93. The van der Waals surface area contributed by atoms with E-state index in [0.717, 1.165) is 30.1 Å². The van der Waals surface area contributed by atoms with Gasteiger partial charge in [0.25, 0.3) is 0 Å². The Bertz CT molecular complexity index is 553. The SMILES string of the molecule is COc1ccc(-c2cc(C3CCN(C)CC3)n[nH]2)cc1. The molecule has 1 aliphatic rings. The minimum absolute atomic E-state index is 0.592. The van der Waals surface area contributed by atoms with Crippen LogP contribution in [-0.4, -0.2) is 42.3 Å². The van der Waals surface area contributed by atoms with Gasteiger partial charge in [-0.05, 0) is 68.9 Å². The predicted octanol–water partition coefficient (Wildman–Crippen LogP) is 2.89. The molecule has 0 bridgehead atoms. The molecule has 4 heteroatoms. The predicted molar refractivity (Wildman–Crippen MR) is 80.0 cm³/mol. The van der Waals surface area contributed by atoms with Crippen LogP contribution in [0, 0.1) is 0 Å². The van der Waals surface area contributed by atoms with Crippen LogP contribution in [0.4, 0.5) is 0 Å². The van der Waals surface area contributed by atoms with E-state index in [0.29, 0.717) is 5.92 Å². The molecular weight excluding hydrogens is 250 g/mol. The van der Waals surface area contributed by atoms with Crippen molar-refractivity contribution in [3.8, 4) is 17.0 Å². The molecule has 106 valence electrons. The van der Waals surface area contributed by atoms with Gasteiger partial charge < -0.3 is 9.64 Å². The fraction of sp³-hybridized carbons (Fsp3) is 0.438. The number of benzene rings is 1. The van der Waals surface area contributed by atoms with Gasteiger partial charge in [-0.15, -0.1) is 0 Å². The zero-order valence-corrected chi connectivity index (χ0v) is 12.1. The molecule has 20 heavy (non-hydrogen) atoms. The molecule has 2 aromatic rings. The van der Waals surface area contributed by atoms with Crippen molar-refractivity contribution < 1.29 is 4.74 Å². The number of rotatable bonds is 3. The lowest BCUT2D eigenvalue weighted by molar-refractivity contribution is 0.253. The van der Waals surface area contributed by atoms with Gasteiger partial charge in [-0.3, -0.25) is 5.10 Å². The first-order valence-electron chi connectivity index (χ1n) is 7.14. The first-order chi connectivity index (χ1) is 9.76. The van der Waals surface area contributed by atoms with Gasteiger partial charge in [0.15, 0.2) is 0 Å². The Balaban J connectivity index is 1.75. The number of nitrogens with one attached hydrogen (secondary N) is 1. The summed E-state index contributed by atoms with van der Waals surface area (Å²) in [6.07, 6.45) is 2.40. The first kappa shape index (κ1) is 13.2. The normalized spacial score (nSPS) is 17.3. The number of methoxy groups -OCH3 is 1. The third kappa shape index (κ3) is 2.70. The van der Waals surface area contributed by atoms with Crippen LogP contribution >= 0.6 is 0 Å². The van der Waals surface area contributed by atoms with Crippen molar-refractivity contribution in [1.82, 2.24) is 15.1 Å². The van der Waals surface area contributed by atoms with E-state index in [9.17, 15) is 0 Å². The summed E-state index contributed by atoms with van der Waals surface area (Å²) in [6, 6.07) is 10.3. The van der Waals surface area contributed by atoms with Crippen LogP contribution in [0.5, 0.6) is 5.75 Å². The van der Waals surface area contributed by atoms with Gasteiger partial charge in [0.05, 0.1) is 18.5 Å². The molecule has 1 saturated heterocycles. The van der Waals surface area contributed by atoms with Crippen LogP contribution in [0.1, 0.15) is 24.5 Å². The maximum absolute atomic E-state index is 5.19. The molecule has 1 aromatic heterocycles. The summed E-state index contributed by atoms with van der Waals surface area (Å²) in [6.45, 7) is 2.32. The molecule has 0 radical (unpaired) electrons. The summed E-state index contributed by atoms with van der Waals surface area (Å²) < 4.78 is 5.19. The molecule has 4 nitrogen and oxygen atoms in total. The van der Waals surface area contributed by atoms with Crippen LogP contribution < -0.4 is 4.74 Å². The standard InChI is InChI=1S/C16H21N3O/c1-19-9-7-13(8-10-19)16-11-15(17-18-16)12-3-5-14(20-2)6-4-12/h3-6,11,13H,7-10H2,1-2H3,(H,17,18). The maximum Gasteiger partial charge on any atom is 0.118 e. The minimum Gasteiger partial charge on any atom is -0.497 e. The van der Waals surface area contributed by atoms with E-state index in [2.05, 4.69) is 40.3 Å². The molecule has 1 N–H and O–H groups in total. The largest absolute Gasteiger partial charge is 0.497 e. The van der Waals surface area contributed by atoms with Gasteiger partial charge in [-0.25, -0.2) is 0 Å². The number of ether oxygens (including phenoxy) is 1. The average Bonchev–Trinajstić information content (AvgIpc) is 2.98. The van der Waals surface area contributed by atoms with E-state index < -0.39 is 0 Å². The quantitative estimate of drug-likeness (QED) is 0.933. The summed E-state index contributed by atoms with van der Waals surface area (Å²) in [7, 11) is 3.87. The van der Waals surface area contributed by atoms with E-state index in [1.54, 1.807) is 7.11 Å². The molecule has 0 unspecified atom stereocenters. The Hall–Kier alpha value is -1.81. The van der Waals surface area contributed by atoms with Gasteiger partial charge in [0.1, 0.15) is 5.75 Å². The number of piperidine rings is 1. The number of hydrogen-bond donors (Lipinski definition) is 1. The number of aromatic nitrogens is 2. The second-order valence-corrected chi connectivity index (χ2v) is 5.51. The molecule has 0 amide bonds. The van der Waals surface area contributed by atoms with Gasteiger partial charge >= 0.3 is 0 Å². The third-order valence-electron chi connectivity index (χ3n) is 4.14. The number of aromatic amines is 1. The average molecular weight is 271 g/mol. The Morgan fingerprint density at radius 3 is 2.55 bits per heavy atom.